The first-order valence-electron chi connectivity index (χ1n) is 6.45. The van der Waals surface area contributed by atoms with Crippen LogP contribution in [0, 0.1) is 0 Å². The van der Waals surface area contributed by atoms with E-state index >= 15 is 0 Å². The van der Waals surface area contributed by atoms with Crippen LogP contribution in [0.3, 0.4) is 0 Å². The van der Waals surface area contributed by atoms with Crippen molar-refractivity contribution in [1.82, 2.24) is 5.32 Å². The Labute approximate surface area is 126 Å². The highest BCUT2D eigenvalue weighted by atomic mass is 32.2. The van der Waals surface area contributed by atoms with E-state index in [4.69, 9.17) is 5.14 Å². The van der Waals surface area contributed by atoms with E-state index in [2.05, 4.69) is 11.4 Å². The average molecular weight is 322 g/mol. The van der Waals surface area contributed by atoms with Crippen molar-refractivity contribution in [2.75, 3.05) is 0 Å². The van der Waals surface area contributed by atoms with Crippen LogP contribution < -0.4 is 10.5 Å². The molecule has 1 atom stereocenters. The van der Waals surface area contributed by atoms with Crippen LogP contribution >= 0.6 is 11.3 Å². The number of carbonyl (C=O) groups is 1. The molecule has 21 heavy (non-hydrogen) atoms. The summed E-state index contributed by atoms with van der Waals surface area (Å²) in [6.45, 7) is 0. The number of thiophene rings is 1. The van der Waals surface area contributed by atoms with Crippen LogP contribution in [0.1, 0.15) is 33.9 Å². The number of hydrogen-bond donors (Lipinski definition) is 2. The third-order valence-corrected chi connectivity index (χ3v) is 5.94. The molecule has 0 aliphatic heterocycles. The van der Waals surface area contributed by atoms with Gasteiger partial charge in [-0.05, 0) is 30.0 Å². The topological polar surface area (TPSA) is 89.3 Å². The van der Waals surface area contributed by atoms with Crippen LogP contribution in [0.4, 0.5) is 0 Å². The molecule has 0 radical (unpaired) electrons. The minimum Gasteiger partial charge on any atom is -0.345 e. The van der Waals surface area contributed by atoms with Gasteiger partial charge in [-0.2, -0.15) is 0 Å². The van der Waals surface area contributed by atoms with Gasteiger partial charge >= 0.3 is 0 Å². The summed E-state index contributed by atoms with van der Waals surface area (Å²) < 4.78 is 22.5. The molecular weight excluding hydrogens is 308 g/mol. The number of hydrogen-bond acceptors (Lipinski definition) is 4. The number of rotatable bonds is 3. The Balaban J connectivity index is 1.78. The molecule has 0 spiro atoms. The smallest absolute Gasteiger partial charge is 0.252 e. The first-order chi connectivity index (χ1) is 9.95. The normalized spacial score (nSPS) is 17.5. The predicted molar refractivity (Wildman–Crippen MR) is 80.7 cm³/mol. The molecule has 110 valence electrons. The molecule has 1 aliphatic carbocycles. The maximum absolute atomic E-state index is 12.2. The van der Waals surface area contributed by atoms with Gasteiger partial charge in [-0.1, -0.05) is 24.3 Å². The van der Waals surface area contributed by atoms with Gasteiger partial charge in [0.15, 0.2) is 0 Å². The molecule has 1 unspecified atom stereocenters. The second kappa shape index (κ2) is 5.25. The fourth-order valence-electron chi connectivity index (χ4n) is 2.53. The Morgan fingerprint density at radius 2 is 2.10 bits per heavy atom. The summed E-state index contributed by atoms with van der Waals surface area (Å²) in [5.41, 5.74) is 2.71. The fraction of sp³-hybridized carbons (Fsp3) is 0.214. The summed E-state index contributed by atoms with van der Waals surface area (Å²) >= 11 is 0.955. The van der Waals surface area contributed by atoms with Gasteiger partial charge in [0, 0.05) is 5.38 Å². The number of aryl methyl sites for hydroxylation is 1. The zero-order valence-corrected chi connectivity index (χ0v) is 12.7. The highest BCUT2D eigenvalue weighted by molar-refractivity contribution is 7.91. The molecule has 1 aromatic heterocycles. The number of nitrogens with one attached hydrogen (secondary N) is 1. The van der Waals surface area contributed by atoms with Gasteiger partial charge in [-0.25, -0.2) is 13.6 Å². The lowest BCUT2D eigenvalue weighted by Gasteiger charge is -2.13. The van der Waals surface area contributed by atoms with Gasteiger partial charge in [0.25, 0.3) is 5.91 Å². The zero-order valence-electron chi connectivity index (χ0n) is 11.1. The molecule has 0 saturated carbocycles. The quantitative estimate of drug-likeness (QED) is 0.903. The third kappa shape index (κ3) is 2.85. The number of primary sulfonamides is 1. The van der Waals surface area contributed by atoms with Crippen molar-refractivity contribution >= 4 is 27.3 Å². The molecule has 7 heteroatoms. The van der Waals surface area contributed by atoms with Crippen LogP contribution in [0.15, 0.2) is 39.9 Å². The summed E-state index contributed by atoms with van der Waals surface area (Å²) in [6, 6.07) is 9.30. The van der Waals surface area contributed by atoms with Crippen LogP contribution in [0.5, 0.6) is 0 Å². The van der Waals surface area contributed by atoms with E-state index in [-0.39, 0.29) is 16.2 Å². The van der Waals surface area contributed by atoms with Crippen molar-refractivity contribution in [2.24, 2.45) is 5.14 Å². The SMILES string of the molecule is NS(=O)(=O)c1cc(C(=O)NC2CCc3ccccc32)cs1. The maximum atomic E-state index is 12.2. The maximum Gasteiger partial charge on any atom is 0.252 e. The molecule has 3 N–H and O–H groups in total. The first-order valence-corrected chi connectivity index (χ1v) is 8.88. The highest BCUT2D eigenvalue weighted by Gasteiger charge is 2.24. The van der Waals surface area contributed by atoms with E-state index in [1.54, 1.807) is 0 Å². The number of amides is 1. The van der Waals surface area contributed by atoms with Crippen molar-refractivity contribution in [3.8, 4) is 0 Å². The molecule has 1 amide bonds. The molecule has 2 aromatic rings. The second-order valence-electron chi connectivity index (χ2n) is 4.96. The number of fused-ring (bicyclic) bond motifs is 1. The summed E-state index contributed by atoms with van der Waals surface area (Å²) in [5.74, 6) is -0.275. The molecule has 3 rings (SSSR count). The van der Waals surface area contributed by atoms with Crippen molar-refractivity contribution in [3.63, 3.8) is 0 Å². The van der Waals surface area contributed by atoms with Crippen LogP contribution in [0.2, 0.25) is 0 Å². The Morgan fingerprint density at radius 3 is 2.81 bits per heavy atom. The fourth-order valence-corrected chi connectivity index (χ4v) is 4.12. The number of benzene rings is 1. The van der Waals surface area contributed by atoms with E-state index in [9.17, 15) is 13.2 Å². The third-order valence-electron chi connectivity index (χ3n) is 3.56. The van der Waals surface area contributed by atoms with Gasteiger partial charge in [0.2, 0.25) is 10.0 Å². The average Bonchev–Trinajstić information content (AvgIpc) is 3.05. The van der Waals surface area contributed by atoms with Gasteiger partial charge in [0.05, 0.1) is 11.6 Å². The molecule has 1 heterocycles. The number of carbonyl (C=O) groups excluding carboxylic acids is 1. The van der Waals surface area contributed by atoms with E-state index < -0.39 is 10.0 Å². The van der Waals surface area contributed by atoms with Crippen molar-refractivity contribution < 1.29 is 13.2 Å². The molecule has 0 bridgehead atoms. The first kappa shape index (κ1) is 14.2. The molecule has 1 aliphatic rings. The van der Waals surface area contributed by atoms with Crippen LogP contribution in [-0.2, 0) is 16.4 Å². The number of nitrogens with two attached hydrogens (primary N) is 1. The molecule has 0 saturated heterocycles. The van der Waals surface area contributed by atoms with Crippen LogP contribution in [-0.4, -0.2) is 14.3 Å². The Morgan fingerprint density at radius 1 is 1.33 bits per heavy atom. The van der Waals surface area contributed by atoms with Crippen molar-refractivity contribution in [3.05, 3.63) is 52.4 Å². The Kier molecular flexibility index (Phi) is 3.56. The minimum atomic E-state index is -3.75. The summed E-state index contributed by atoms with van der Waals surface area (Å²) in [4.78, 5) is 12.2. The standard InChI is InChI=1S/C14H14N2O3S2/c15-21(18,19)13-7-10(8-20-13)14(17)16-12-6-5-9-3-1-2-4-11(9)12/h1-4,7-8,12H,5-6H2,(H,16,17)(H2,15,18,19). The Bertz CT molecular complexity index is 796. The largest absolute Gasteiger partial charge is 0.345 e. The van der Waals surface area contributed by atoms with Crippen molar-refractivity contribution in [2.45, 2.75) is 23.1 Å². The van der Waals surface area contributed by atoms with Gasteiger partial charge < -0.3 is 5.32 Å². The lowest BCUT2D eigenvalue weighted by molar-refractivity contribution is 0.0937. The predicted octanol–water partition coefficient (Wildman–Crippen LogP) is 1.81. The summed E-state index contributed by atoms with van der Waals surface area (Å²) in [7, 11) is -3.75. The molecule has 1 aromatic carbocycles. The highest BCUT2D eigenvalue weighted by Crippen LogP contribution is 2.31. The van der Waals surface area contributed by atoms with Gasteiger partial charge in [0.1, 0.15) is 4.21 Å². The zero-order chi connectivity index (χ0) is 15.0. The summed E-state index contributed by atoms with van der Waals surface area (Å²) in [6.07, 6.45) is 1.80. The van der Waals surface area contributed by atoms with E-state index in [1.807, 2.05) is 18.2 Å². The molecular formula is C14H14N2O3S2. The van der Waals surface area contributed by atoms with Crippen molar-refractivity contribution in [1.29, 1.82) is 0 Å². The number of sulfonamides is 1. The lowest BCUT2D eigenvalue weighted by atomic mass is 10.1. The van der Waals surface area contributed by atoms with Gasteiger partial charge in [-0.15, -0.1) is 11.3 Å². The summed E-state index contributed by atoms with van der Waals surface area (Å²) in [5, 5.41) is 9.51. The van der Waals surface area contributed by atoms with E-state index in [1.165, 1.54) is 17.0 Å². The molecule has 0 fully saturated rings. The minimum absolute atomic E-state index is 0.000489. The lowest BCUT2D eigenvalue weighted by Crippen LogP contribution is -2.26. The van der Waals surface area contributed by atoms with Crippen LogP contribution in [0.25, 0.3) is 0 Å². The van der Waals surface area contributed by atoms with E-state index in [0.717, 1.165) is 29.7 Å². The second-order valence-corrected chi connectivity index (χ2v) is 7.66. The van der Waals surface area contributed by atoms with E-state index in [0.29, 0.717) is 5.56 Å². The molecule has 5 nitrogen and oxygen atoms in total. The Hall–Kier alpha value is -1.70. The van der Waals surface area contributed by atoms with Gasteiger partial charge in [-0.3, -0.25) is 4.79 Å². The monoisotopic (exact) mass is 322 g/mol.